The minimum Gasteiger partial charge on any atom is -0.378 e. The lowest BCUT2D eigenvalue weighted by Crippen LogP contribution is -2.31. The van der Waals surface area contributed by atoms with E-state index >= 15 is 0 Å². The largest absolute Gasteiger partial charge is 0.378 e. The van der Waals surface area contributed by atoms with Crippen molar-refractivity contribution in [1.29, 1.82) is 0 Å². The number of ether oxygens (including phenoxy) is 1. The highest BCUT2D eigenvalue weighted by molar-refractivity contribution is 5.89. The van der Waals surface area contributed by atoms with Crippen molar-refractivity contribution in [2.75, 3.05) is 18.5 Å². The minimum atomic E-state index is -0.175. The number of aromatic nitrogens is 2. The number of amides is 2. The molecule has 0 radical (unpaired) electrons. The van der Waals surface area contributed by atoms with Crippen molar-refractivity contribution in [3.05, 3.63) is 48.0 Å². The Morgan fingerprint density at radius 2 is 2.31 bits per heavy atom. The Balaban J connectivity index is 1.51. The average Bonchev–Trinajstić information content (AvgIpc) is 3.27. The molecule has 6 nitrogen and oxygen atoms in total. The second-order valence-corrected chi connectivity index (χ2v) is 7.07. The molecule has 1 aromatic carbocycles. The van der Waals surface area contributed by atoms with Crippen LogP contribution in [0.15, 0.2) is 36.7 Å². The van der Waals surface area contributed by atoms with Crippen LogP contribution in [0.25, 0.3) is 0 Å². The van der Waals surface area contributed by atoms with Gasteiger partial charge < -0.3 is 19.9 Å². The molecule has 0 bridgehead atoms. The average molecular weight is 356 g/mol. The van der Waals surface area contributed by atoms with Crippen molar-refractivity contribution in [2.45, 2.75) is 51.7 Å². The predicted octanol–water partition coefficient (Wildman–Crippen LogP) is 3.75. The van der Waals surface area contributed by atoms with Crippen LogP contribution in [-0.2, 0) is 11.3 Å². The highest BCUT2D eigenvalue weighted by atomic mass is 16.5. The molecule has 2 heterocycles. The van der Waals surface area contributed by atoms with Gasteiger partial charge in [-0.1, -0.05) is 26.0 Å². The Labute approximate surface area is 155 Å². The van der Waals surface area contributed by atoms with Gasteiger partial charge in [-0.05, 0) is 37.0 Å². The van der Waals surface area contributed by atoms with Crippen LogP contribution in [0, 0.1) is 0 Å². The highest BCUT2D eigenvalue weighted by Crippen LogP contribution is 2.17. The lowest BCUT2D eigenvalue weighted by molar-refractivity contribution is 0.105. The first kappa shape index (κ1) is 18.5. The van der Waals surface area contributed by atoms with Gasteiger partial charge in [0.1, 0.15) is 5.82 Å². The summed E-state index contributed by atoms with van der Waals surface area (Å²) in [4.78, 5) is 16.5. The number of nitrogens with one attached hydrogen (secondary N) is 2. The summed E-state index contributed by atoms with van der Waals surface area (Å²) in [6.07, 6.45) is 7.21. The highest BCUT2D eigenvalue weighted by Gasteiger charge is 2.15. The fourth-order valence-electron chi connectivity index (χ4n) is 3.29. The van der Waals surface area contributed by atoms with E-state index in [-0.39, 0.29) is 6.03 Å². The molecule has 6 heteroatoms. The first-order chi connectivity index (χ1) is 12.6. The Morgan fingerprint density at radius 1 is 1.42 bits per heavy atom. The second-order valence-electron chi connectivity index (χ2n) is 7.07. The molecule has 2 N–H and O–H groups in total. The molecule has 1 atom stereocenters. The molecule has 140 valence electrons. The number of carbonyl (C=O) groups is 1. The molecule has 1 fully saturated rings. The zero-order valence-corrected chi connectivity index (χ0v) is 15.6. The van der Waals surface area contributed by atoms with E-state index in [0.717, 1.165) is 49.5 Å². The minimum absolute atomic E-state index is 0.175. The molecular weight excluding hydrogens is 328 g/mol. The van der Waals surface area contributed by atoms with Crippen molar-refractivity contribution in [3.63, 3.8) is 0 Å². The zero-order valence-electron chi connectivity index (χ0n) is 15.6. The fourth-order valence-corrected chi connectivity index (χ4v) is 3.29. The maximum Gasteiger partial charge on any atom is 0.319 e. The van der Waals surface area contributed by atoms with E-state index in [2.05, 4.69) is 40.1 Å². The zero-order chi connectivity index (χ0) is 18.4. The third-order valence-corrected chi connectivity index (χ3v) is 4.58. The van der Waals surface area contributed by atoms with Gasteiger partial charge in [0.25, 0.3) is 0 Å². The van der Waals surface area contributed by atoms with Gasteiger partial charge >= 0.3 is 6.03 Å². The Hall–Kier alpha value is -2.34. The molecular formula is C20H28N4O2. The molecule has 2 amide bonds. The summed E-state index contributed by atoms with van der Waals surface area (Å²) in [5.74, 6) is 1.44. The Kier molecular flexibility index (Phi) is 6.28. The molecule has 1 aliphatic rings. The van der Waals surface area contributed by atoms with E-state index in [4.69, 9.17) is 4.74 Å². The van der Waals surface area contributed by atoms with Gasteiger partial charge in [0.2, 0.25) is 0 Å². The number of nitrogens with zero attached hydrogens (tertiary/aromatic N) is 2. The first-order valence-electron chi connectivity index (χ1n) is 9.38. The SMILES string of the molecule is CC(C)c1nccn1Cc1cccc(NC(=O)NCCC2CCCO2)c1. The van der Waals surface area contributed by atoms with Crippen molar-refractivity contribution >= 4 is 11.7 Å². The van der Waals surface area contributed by atoms with E-state index in [1.54, 1.807) is 0 Å². The number of anilines is 1. The lowest BCUT2D eigenvalue weighted by Gasteiger charge is -2.13. The first-order valence-corrected chi connectivity index (χ1v) is 9.38. The van der Waals surface area contributed by atoms with Crippen molar-refractivity contribution in [2.24, 2.45) is 0 Å². The third-order valence-electron chi connectivity index (χ3n) is 4.58. The van der Waals surface area contributed by atoms with Crippen LogP contribution < -0.4 is 10.6 Å². The molecule has 2 aromatic rings. The van der Waals surface area contributed by atoms with Gasteiger partial charge in [-0.25, -0.2) is 9.78 Å². The number of hydrogen-bond donors (Lipinski definition) is 2. The van der Waals surface area contributed by atoms with Gasteiger partial charge in [0, 0.05) is 43.7 Å². The van der Waals surface area contributed by atoms with Crippen molar-refractivity contribution in [1.82, 2.24) is 14.9 Å². The molecule has 3 rings (SSSR count). The van der Waals surface area contributed by atoms with Gasteiger partial charge in [0.15, 0.2) is 0 Å². The van der Waals surface area contributed by atoms with E-state index in [9.17, 15) is 4.79 Å². The van der Waals surface area contributed by atoms with Crippen LogP contribution in [0.2, 0.25) is 0 Å². The maximum absolute atomic E-state index is 12.1. The van der Waals surface area contributed by atoms with E-state index in [1.807, 2.05) is 30.6 Å². The predicted molar refractivity (Wildman–Crippen MR) is 102 cm³/mol. The molecule has 1 unspecified atom stereocenters. The number of urea groups is 1. The summed E-state index contributed by atoms with van der Waals surface area (Å²) in [5, 5.41) is 5.81. The quantitative estimate of drug-likeness (QED) is 0.794. The molecule has 0 spiro atoms. The Bertz CT molecular complexity index is 720. The van der Waals surface area contributed by atoms with Crippen LogP contribution in [0.5, 0.6) is 0 Å². The second kappa shape index (κ2) is 8.85. The molecule has 1 aliphatic heterocycles. The van der Waals surface area contributed by atoms with E-state index in [1.165, 1.54) is 0 Å². The van der Waals surface area contributed by atoms with Crippen molar-refractivity contribution in [3.8, 4) is 0 Å². The van der Waals surface area contributed by atoms with Crippen LogP contribution >= 0.6 is 0 Å². The van der Waals surface area contributed by atoms with Crippen LogP contribution in [0.4, 0.5) is 10.5 Å². The smallest absolute Gasteiger partial charge is 0.319 e. The molecule has 0 aliphatic carbocycles. The van der Waals surface area contributed by atoms with Gasteiger partial charge in [-0.2, -0.15) is 0 Å². The van der Waals surface area contributed by atoms with Gasteiger partial charge in [-0.15, -0.1) is 0 Å². The van der Waals surface area contributed by atoms with Crippen LogP contribution in [-0.4, -0.2) is 34.8 Å². The van der Waals surface area contributed by atoms with Crippen molar-refractivity contribution < 1.29 is 9.53 Å². The van der Waals surface area contributed by atoms with Crippen LogP contribution in [0.3, 0.4) is 0 Å². The summed E-state index contributed by atoms with van der Waals surface area (Å²) >= 11 is 0. The standard InChI is InChI=1S/C20H28N4O2/c1-15(2)19-21-10-11-24(19)14-16-5-3-6-17(13-16)23-20(25)22-9-8-18-7-4-12-26-18/h3,5-6,10-11,13,15,18H,4,7-9,12,14H2,1-2H3,(H2,22,23,25). The Morgan fingerprint density at radius 3 is 3.08 bits per heavy atom. The van der Waals surface area contributed by atoms with Crippen LogP contribution in [0.1, 0.15) is 50.4 Å². The summed E-state index contributed by atoms with van der Waals surface area (Å²) in [7, 11) is 0. The number of rotatable bonds is 7. The third kappa shape index (κ3) is 5.08. The summed E-state index contributed by atoms with van der Waals surface area (Å²) in [6.45, 7) is 6.49. The number of imidazole rings is 1. The van der Waals surface area contributed by atoms with E-state index in [0.29, 0.717) is 18.6 Å². The monoisotopic (exact) mass is 356 g/mol. The van der Waals surface area contributed by atoms with Gasteiger partial charge in [0.05, 0.1) is 6.10 Å². The molecule has 0 saturated carbocycles. The number of benzene rings is 1. The number of carbonyl (C=O) groups excluding carboxylic acids is 1. The molecule has 1 aromatic heterocycles. The summed E-state index contributed by atoms with van der Waals surface area (Å²) < 4.78 is 7.71. The number of hydrogen-bond acceptors (Lipinski definition) is 3. The topological polar surface area (TPSA) is 68.2 Å². The molecule has 1 saturated heterocycles. The van der Waals surface area contributed by atoms with E-state index < -0.39 is 0 Å². The normalized spacial score (nSPS) is 16.8. The maximum atomic E-state index is 12.1. The summed E-state index contributed by atoms with van der Waals surface area (Å²) in [6, 6.07) is 7.75. The van der Waals surface area contributed by atoms with Gasteiger partial charge in [-0.3, -0.25) is 0 Å². The fraction of sp³-hybridized carbons (Fsp3) is 0.500. The molecule has 26 heavy (non-hydrogen) atoms. The lowest BCUT2D eigenvalue weighted by atomic mass is 10.1. The summed E-state index contributed by atoms with van der Waals surface area (Å²) in [5.41, 5.74) is 1.92.